The number of aryl methyl sites for hydroxylation is 1. The van der Waals surface area contributed by atoms with Crippen molar-refractivity contribution in [1.29, 1.82) is 0 Å². The highest BCUT2D eigenvalue weighted by molar-refractivity contribution is 5.07. The van der Waals surface area contributed by atoms with Gasteiger partial charge in [-0.1, -0.05) is 11.6 Å². The monoisotopic (exact) mass is 166 g/mol. The summed E-state index contributed by atoms with van der Waals surface area (Å²) in [7, 11) is 0. The van der Waals surface area contributed by atoms with Crippen LogP contribution >= 0.6 is 0 Å². The van der Waals surface area contributed by atoms with E-state index in [2.05, 4.69) is 0 Å². The molecule has 0 aliphatic heterocycles. The second-order valence-electron chi connectivity index (χ2n) is 2.88. The van der Waals surface area contributed by atoms with E-state index < -0.39 is 0 Å². The van der Waals surface area contributed by atoms with E-state index in [0.717, 1.165) is 18.4 Å². The van der Waals surface area contributed by atoms with E-state index in [-0.39, 0.29) is 6.61 Å². The van der Waals surface area contributed by atoms with Crippen molar-refractivity contribution < 1.29 is 9.52 Å². The van der Waals surface area contributed by atoms with Crippen molar-refractivity contribution in [1.82, 2.24) is 0 Å². The van der Waals surface area contributed by atoms with E-state index in [1.165, 1.54) is 5.56 Å². The van der Waals surface area contributed by atoms with Gasteiger partial charge in [0.25, 0.3) is 0 Å². The smallest absolute Gasteiger partial charge is 0.0934 e. The Hall–Kier alpha value is -1.02. The van der Waals surface area contributed by atoms with Gasteiger partial charge in [-0.2, -0.15) is 0 Å². The largest absolute Gasteiger partial charge is 0.472 e. The Balaban J connectivity index is 2.28. The fourth-order valence-electron chi connectivity index (χ4n) is 0.985. The standard InChI is InChI=1S/C10H14O2/c1-9(7-11)3-2-4-10-5-6-12-8-10/h3,5-6,8,11H,2,4,7H2,1H3/b9-3+. The van der Waals surface area contributed by atoms with E-state index >= 15 is 0 Å². The molecule has 66 valence electrons. The van der Waals surface area contributed by atoms with Crippen LogP contribution in [0.4, 0.5) is 0 Å². The number of hydrogen-bond donors (Lipinski definition) is 1. The molecule has 0 aliphatic rings. The normalized spacial score (nSPS) is 12.0. The number of rotatable bonds is 4. The number of aliphatic hydroxyl groups is 1. The summed E-state index contributed by atoms with van der Waals surface area (Å²) in [5.41, 5.74) is 2.23. The van der Waals surface area contributed by atoms with Gasteiger partial charge in [-0.15, -0.1) is 0 Å². The van der Waals surface area contributed by atoms with Gasteiger partial charge in [-0.25, -0.2) is 0 Å². The lowest BCUT2D eigenvalue weighted by atomic mass is 10.1. The van der Waals surface area contributed by atoms with Crippen molar-refractivity contribution >= 4 is 0 Å². The molecule has 0 bridgehead atoms. The van der Waals surface area contributed by atoms with Gasteiger partial charge in [-0.3, -0.25) is 0 Å². The van der Waals surface area contributed by atoms with Crippen LogP contribution in [0.1, 0.15) is 18.9 Å². The molecule has 0 fully saturated rings. The SMILES string of the molecule is C/C(=C\CCc1ccoc1)CO. The Morgan fingerprint density at radius 3 is 3.08 bits per heavy atom. The first kappa shape index (κ1) is 9.07. The van der Waals surface area contributed by atoms with E-state index in [0.29, 0.717) is 0 Å². The molecule has 1 rings (SSSR count). The average molecular weight is 166 g/mol. The number of furan rings is 1. The summed E-state index contributed by atoms with van der Waals surface area (Å²) in [6, 6.07) is 1.96. The van der Waals surface area contributed by atoms with Crippen molar-refractivity contribution in [2.75, 3.05) is 6.61 Å². The lowest BCUT2D eigenvalue weighted by Crippen LogP contribution is -1.85. The number of allylic oxidation sites excluding steroid dienone is 1. The van der Waals surface area contributed by atoms with Crippen LogP contribution in [-0.2, 0) is 6.42 Å². The minimum absolute atomic E-state index is 0.158. The molecule has 0 atom stereocenters. The summed E-state index contributed by atoms with van der Waals surface area (Å²) in [5.74, 6) is 0. The number of aliphatic hydroxyl groups excluding tert-OH is 1. The molecule has 1 aromatic heterocycles. The Kier molecular flexibility index (Phi) is 3.61. The van der Waals surface area contributed by atoms with E-state index in [1.54, 1.807) is 12.5 Å². The van der Waals surface area contributed by atoms with E-state index in [4.69, 9.17) is 9.52 Å². The lowest BCUT2D eigenvalue weighted by molar-refractivity contribution is 0.331. The number of hydrogen-bond acceptors (Lipinski definition) is 2. The molecule has 0 saturated heterocycles. The van der Waals surface area contributed by atoms with Gasteiger partial charge < -0.3 is 9.52 Å². The third-order valence-electron chi connectivity index (χ3n) is 1.76. The van der Waals surface area contributed by atoms with Crippen LogP contribution in [0.15, 0.2) is 34.7 Å². The predicted molar refractivity (Wildman–Crippen MR) is 47.9 cm³/mol. The molecule has 1 aromatic rings. The van der Waals surface area contributed by atoms with Gasteiger partial charge >= 0.3 is 0 Å². The highest BCUT2D eigenvalue weighted by Crippen LogP contribution is 2.05. The van der Waals surface area contributed by atoms with Crippen LogP contribution in [-0.4, -0.2) is 11.7 Å². The zero-order chi connectivity index (χ0) is 8.81. The maximum atomic E-state index is 8.71. The molecule has 0 amide bonds. The second kappa shape index (κ2) is 4.78. The van der Waals surface area contributed by atoms with Crippen molar-refractivity contribution in [2.45, 2.75) is 19.8 Å². The molecular weight excluding hydrogens is 152 g/mol. The van der Waals surface area contributed by atoms with Crippen molar-refractivity contribution in [3.63, 3.8) is 0 Å². The molecular formula is C10H14O2. The van der Waals surface area contributed by atoms with Crippen molar-refractivity contribution in [3.8, 4) is 0 Å². The van der Waals surface area contributed by atoms with Crippen LogP contribution in [0, 0.1) is 0 Å². The maximum absolute atomic E-state index is 8.71. The summed E-state index contributed by atoms with van der Waals surface area (Å²) in [5, 5.41) is 8.71. The summed E-state index contributed by atoms with van der Waals surface area (Å²) in [6.07, 6.45) is 7.42. The highest BCUT2D eigenvalue weighted by atomic mass is 16.3. The molecule has 0 aliphatic carbocycles. The van der Waals surface area contributed by atoms with Crippen LogP contribution in [0.3, 0.4) is 0 Å². The van der Waals surface area contributed by atoms with Crippen molar-refractivity contribution in [2.24, 2.45) is 0 Å². The third-order valence-corrected chi connectivity index (χ3v) is 1.76. The van der Waals surface area contributed by atoms with E-state index in [1.807, 2.05) is 19.1 Å². The van der Waals surface area contributed by atoms with Crippen LogP contribution < -0.4 is 0 Å². The van der Waals surface area contributed by atoms with E-state index in [9.17, 15) is 0 Å². The summed E-state index contributed by atoms with van der Waals surface area (Å²) in [4.78, 5) is 0. The molecule has 0 radical (unpaired) electrons. The topological polar surface area (TPSA) is 33.4 Å². The molecule has 12 heavy (non-hydrogen) atoms. The van der Waals surface area contributed by atoms with Gasteiger partial charge in [0.15, 0.2) is 0 Å². The summed E-state index contributed by atoms with van der Waals surface area (Å²) in [6.45, 7) is 2.08. The quantitative estimate of drug-likeness (QED) is 0.695. The van der Waals surface area contributed by atoms with Gasteiger partial charge in [0.05, 0.1) is 19.1 Å². The van der Waals surface area contributed by atoms with Crippen LogP contribution in [0.5, 0.6) is 0 Å². The fourth-order valence-corrected chi connectivity index (χ4v) is 0.985. The summed E-state index contributed by atoms with van der Waals surface area (Å²) < 4.78 is 4.93. The van der Waals surface area contributed by atoms with Crippen LogP contribution in [0.25, 0.3) is 0 Å². The minimum Gasteiger partial charge on any atom is -0.472 e. The Labute approximate surface area is 72.5 Å². The zero-order valence-corrected chi connectivity index (χ0v) is 7.29. The molecule has 0 aromatic carbocycles. The molecule has 1 N–H and O–H groups in total. The predicted octanol–water partition coefficient (Wildman–Crippen LogP) is 2.15. The zero-order valence-electron chi connectivity index (χ0n) is 7.29. The average Bonchev–Trinajstić information content (AvgIpc) is 2.57. The minimum atomic E-state index is 0.158. The molecule has 0 saturated carbocycles. The second-order valence-corrected chi connectivity index (χ2v) is 2.88. The first-order valence-electron chi connectivity index (χ1n) is 4.10. The first-order chi connectivity index (χ1) is 5.83. The molecule has 2 heteroatoms. The van der Waals surface area contributed by atoms with Gasteiger partial charge in [0.2, 0.25) is 0 Å². The highest BCUT2D eigenvalue weighted by Gasteiger charge is 1.92. The fraction of sp³-hybridized carbons (Fsp3) is 0.400. The summed E-state index contributed by atoms with van der Waals surface area (Å²) >= 11 is 0. The van der Waals surface area contributed by atoms with Gasteiger partial charge in [0, 0.05) is 0 Å². The maximum Gasteiger partial charge on any atom is 0.0934 e. The van der Waals surface area contributed by atoms with Crippen LogP contribution in [0.2, 0.25) is 0 Å². The Bertz CT molecular complexity index is 234. The lowest BCUT2D eigenvalue weighted by Gasteiger charge is -1.94. The molecule has 1 heterocycles. The third kappa shape index (κ3) is 2.93. The van der Waals surface area contributed by atoms with Gasteiger partial charge in [-0.05, 0) is 31.4 Å². The van der Waals surface area contributed by atoms with Crippen molar-refractivity contribution in [3.05, 3.63) is 35.8 Å². The molecule has 0 spiro atoms. The first-order valence-corrected chi connectivity index (χ1v) is 4.10. The van der Waals surface area contributed by atoms with Gasteiger partial charge in [0.1, 0.15) is 0 Å². The molecule has 2 nitrogen and oxygen atoms in total. The molecule has 0 unspecified atom stereocenters. The Morgan fingerprint density at radius 2 is 2.50 bits per heavy atom. The Morgan fingerprint density at radius 1 is 1.67 bits per heavy atom.